The van der Waals surface area contributed by atoms with Crippen LogP contribution in [-0.4, -0.2) is 16.2 Å². The van der Waals surface area contributed by atoms with Crippen molar-refractivity contribution in [3.8, 4) is 0 Å². The number of nitrogens with two attached hydrogens (primary N) is 1. The highest BCUT2D eigenvalue weighted by Crippen LogP contribution is 2.43. The minimum atomic E-state index is -0.682. The molecule has 15 heavy (non-hydrogen) atoms. The van der Waals surface area contributed by atoms with Gasteiger partial charge in [0.15, 0.2) is 0 Å². The highest BCUT2D eigenvalue weighted by Gasteiger charge is 2.49. The first-order chi connectivity index (χ1) is 6.69. The third-order valence-corrected chi connectivity index (χ3v) is 4.38. The van der Waals surface area contributed by atoms with Gasteiger partial charge < -0.3 is 10.8 Å². The van der Waals surface area contributed by atoms with Gasteiger partial charge in [0.1, 0.15) is 0 Å². The molecule has 1 fully saturated rings. The van der Waals surface area contributed by atoms with Crippen molar-refractivity contribution in [2.75, 3.05) is 0 Å². The van der Waals surface area contributed by atoms with Crippen LogP contribution in [0.1, 0.15) is 53.9 Å². The Morgan fingerprint density at radius 3 is 2.00 bits per heavy atom. The number of hydrogen-bond acceptors (Lipinski definition) is 2. The molecule has 0 aromatic carbocycles. The van der Waals surface area contributed by atoms with Crippen molar-refractivity contribution in [2.24, 2.45) is 23.5 Å². The Morgan fingerprint density at radius 2 is 1.67 bits per heavy atom. The molecule has 0 aliphatic heterocycles. The van der Waals surface area contributed by atoms with E-state index in [0.717, 1.165) is 12.8 Å². The van der Waals surface area contributed by atoms with Gasteiger partial charge in [-0.05, 0) is 43.9 Å². The number of hydrogen-bond donors (Lipinski definition) is 2. The van der Waals surface area contributed by atoms with Crippen LogP contribution >= 0.6 is 0 Å². The summed E-state index contributed by atoms with van der Waals surface area (Å²) < 4.78 is 0. The first kappa shape index (κ1) is 13.0. The predicted octanol–water partition coefficient (Wildman–Crippen LogP) is 2.55. The van der Waals surface area contributed by atoms with Crippen LogP contribution in [0.3, 0.4) is 0 Å². The van der Waals surface area contributed by atoms with Crippen molar-refractivity contribution in [3.63, 3.8) is 0 Å². The summed E-state index contributed by atoms with van der Waals surface area (Å²) in [7, 11) is 0. The molecule has 1 saturated carbocycles. The highest BCUT2D eigenvalue weighted by molar-refractivity contribution is 5.05. The SMILES string of the molecule is CC1CC(C)CC(O)(C(C)(N)C(C)C)C1. The van der Waals surface area contributed by atoms with Gasteiger partial charge in [-0.25, -0.2) is 0 Å². The lowest BCUT2D eigenvalue weighted by atomic mass is 9.62. The monoisotopic (exact) mass is 213 g/mol. The van der Waals surface area contributed by atoms with E-state index < -0.39 is 11.1 Å². The van der Waals surface area contributed by atoms with Crippen molar-refractivity contribution in [3.05, 3.63) is 0 Å². The predicted molar refractivity (Wildman–Crippen MR) is 64.6 cm³/mol. The highest BCUT2D eigenvalue weighted by atomic mass is 16.3. The van der Waals surface area contributed by atoms with Crippen molar-refractivity contribution < 1.29 is 5.11 Å². The third kappa shape index (κ3) is 2.36. The van der Waals surface area contributed by atoms with Crippen LogP contribution in [-0.2, 0) is 0 Å². The van der Waals surface area contributed by atoms with Crippen LogP contribution in [0.15, 0.2) is 0 Å². The van der Waals surface area contributed by atoms with E-state index in [1.807, 2.05) is 6.92 Å². The zero-order valence-corrected chi connectivity index (χ0v) is 10.9. The molecular weight excluding hydrogens is 186 g/mol. The number of aliphatic hydroxyl groups is 1. The van der Waals surface area contributed by atoms with Crippen LogP contribution in [0.4, 0.5) is 0 Å². The maximum absolute atomic E-state index is 10.8. The van der Waals surface area contributed by atoms with Gasteiger partial charge in [0.25, 0.3) is 0 Å². The molecule has 0 bridgehead atoms. The van der Waals surface area contributed by atoms with Gasteiger partial charge in [0.05, 0.1) is 5.60 Å². The van der Waals surface area contributed by atoms with Crippen LogP contribution in [0, 0.1) is 17.8 Å². The van der Waals surface area contributed by atoms with Crippen molar-refractivity contribution in [2.45, 2.75) is 65.0 Å². The minimum absolute atomic E-state index is 0.306. The Morgan fingerprint density at radius 1 is 1.27 bits per heavy atom. The summed E-state index contributed by atoms with van der Waals surface area (Å²) in [6.45, 7) is 10.6. The Hall–Kier alpha value is -0.0800. The lowest BCUT2D eigenvalue weighted by molar-refractivity contribution is -0.0992. The summed E-state index contributed by atoms with van der Waals surface area (Å²) in [4.78, 5) is 0. The smallest absolute Gasteiger partial charge is 0.0831 e. The molecular formula is C13H27NO. The van der Waals surface area contributed by atoms with Gasteiger partial charge in [-0.15, -0.1) is 0 Å². The second kappa shape index (κ2) is 4.06. The molecule has 3 unspecified atom stereocenters. The normalized spacial score (nSPS) is 41.6. The quantitative estimate of drug-likeness (QED) is 0.740. The molecule has 0 radical (unpaired) electrons. The van der Waals surface area contributed by atoms with E-state index in [2.05, 4.69) is 27.7 Å². The molecule has 2 nitrogen and oxygen atoms in total. The van der Waals surface area contributed by atoms with Gasteiger partial charge >= 0.3 is 0 Å². The summed E-state index contributed by atoms with van der Waals surface area (Å²) >= 11 is 0. The Balaban J connectivity index is 2.89. The third-order valence-electron chi connectivity index (χ3n) is 4.38. The molecule has 3 atom stereocenters. The van der Waals surface area contributed by atoms with Gasteiger partial charge in [0.2, 0.25) is 0 Å². The van der Waals surface area contributed by atoms with E-state index in [0.29, 0.717) is 17.8 Å². The fourth-order valence-electron chi connectivity index (χ4n) is 3.07. The molecule has 0 spiro atoms. The van der Waals surface area contributed by atoms with Crippen molar-refractivity contribution in [1.82, 2.24) is 0 Å². The fraction of sp³-hybridized carbons (Fsp3) is 1.00. The molecule has 0 saturated heterocycles. The van der Waals surface area contributed by atoms with E-state index in [-0.39, 0.29) is 0 Å². The second-order valence-electron chi connectivity index (χ2n) is 6.32. The topological polar surface area (TPSA) is 46.2 Å². The van der Waals surface area contributed by atoms with Crippen LogP contribution in [0.2, 0.25) is 0 Å². The second-order valence-corrected chi connectivity index (χ2v) is 6.32. The van der Waals surface area contributed by atoms with Gasteiger partial charge in [0, 0.05) is 5.54 Å². The molecule has 3 N–H and O–H groups in total. The molecule has 90 valence electrons. The van der Waals surface area contributed by atoms with E-state index >= 15 is 0 Å². The first-order valence-corrected chi connectivity index (χ1v) is 6.20. The maximum atomic E-state index is 10.8. The molecule has 2 heteroatoms. The summed E-state index contributed by atoms with van der Waals surface area (Å²) in [5.74, 6) is 1.47. The standard InChI is InChI=1S/C13H27NO/c1-9(2)12(5,14)13(15)7-10(3)6-11(4)8-13/h9-11,15H,6-8,14H2,1-5H3. The first-order valence-electron chi connectivity index (χ1n) is 6.20. The molecule has 0 amide bonds. The summed E-state index contributed by atoms with van der Waals surface area (Å²) in [5.41, 5.74) is 5.18. The molecule has 0 aromatic rings. The van der Waals surface area contributed by atoms with E-state index in [4.69, 9.17) is 5.73 Å². The van der Waals surface area contributed by atoms with Crippen LogP contribution in [0.25, 0.3) is 0 Å². The van der Waals surface area contributed by atoms with E-state index in [9.17, 15) is 5.11 Å². The van der Waals surface area contributed by atoms with Crippen LogP contribution in [0.5, 0.6) is 0 Å². The zero-order valence-electron chi connectivity index (χ0n) is 10.9. The Labute approximate surface area is 94.2 Å². The zero-order chi connectivity index (χ0) is 11.9. The van der Waals surface area contributed by atoms with Crippen molar-refractivity contribution in [1.29, 1.82) is 0 Å². The lowest BCUT2D eigenvalue weighted by Crippen LogP contribution is -2.64. The fourth-order valence-corrected chi connectivity index (χ4v) is 3.07. The molecule has 0 aromatic heterocycles. The van der Waals surface area contributed by atoms with Gasteiger partial charge in [-0.2, -0.15) is 0 Å². The molecule has 0 heterocycles. The van der Waals surface area contributed by atoms with E-state index in [1.165, 1.54) is 6.42 Å². The largest absolute Gasteiger partial charge is 0.388 e. The van der Waals surface area contributed by atoms with Crippen molar-refractivity contribution >= 4 is 0 Å². The Bertz CT molecular complexity index is 213. The molecule has 1 aliphatic rings. The minimum Gasteiger partial charge on any atom is -0.388 e. The average molecular weight is 213 g/mol. The number of rotatable bonds is 2. The molecule has 1 rings (SSSR count). The van der Waals surface area contributed by atoms with E-state index in [1.54, 1.807) is 0 Å². The average Bonchev–Trinajstić information content (AvgIpc) is 2.00. The van der Waals surface area contributed by atoms with Gasteiger partial charge in [-0.1, -0.05) is 27.7 Å². The van der Waals surface area contributed by atoms with Gasteiger partial charge in [-0.3, -0.25) is 0 Å². The lowest BCUT2D eigenvalue weighted by Gasteiger charge is -2.50. The molecule has 1 aliphatic carbocycles. The summed E-state index contributed by atoms with van der Waals surface area (Å²) in [6.07, 6.45) is 2.92. The summed E-state index contributed by atoms with van der Waals surface area (Å²) in [5, 5.41) is 10.8. The summed E-state index contributed by atoms with van der Waals surface area (Å²) in [6, 6.07) is 0. The van der Waals surface area contributed by atoms with Crippen LogP contribution < -0.4 is 5.73 Å². The maximum Gasteiger partial charge on any atom is 0.0831 e. The Kier molecular flexibility index (Phi) is 3.52.